The van der Waals surface area contributed by atoms with Gasteiger partial charge in [-0.15, -0.1) is 0 Å². The molecule has 3 nitrogen and oxygen atoms in total. The van der Waals surface area contributed by atoms with Crippen LogP contribution in [0.3, 0.4) is 0 Å². The molecular weight excluding hydrogens is 361 g/mol. The Bertz CT molecular complexity index is 491. The fraction of sp³-hybridized carbons (Fsp3) is 1.00. The zero-order valence-electron chi connectivity index (χ0n) is 9.29. The van der Waals surface area contributed by atoms with Crippen LogP contribution in [0.5, 0.6) is 0 Å². The molecule has 15 heteroatoms. The summed E-state index contributed by atoms with van der Waals surface area (Å²) in [6.07, 6.45) is -14.5. The summed E-state index contributed by atoms with van der Waals surface area (Å²) in [5.74, 6) is -22.8. The van der Waals surface area contributed by atoms with Gasteiger partial charge in [-0.1, -0.05) is 0 Å². The van der Waals surface area contributed by atoms with Gasteiger partial charge in [0.2, 0.25) is 0 Å². The fourth-order valence-corrected chi connectivity index (χ4v) is 1.29. The van der Waals surface area contributed by atoms with E-state index < -0.39 is 40.2 Å². The van der Waals surface area contributed by atoms with Crippen LogP contribution in [0.25, 0.3) is 0 Å². The van der Waals surface area contributed by atoms with E-state index in [1.54, 1.807) is 0 Å². The van der Waals surface area contributed by atoms with E-state index in [1.807, 2.05) is 0 Å². The first-order valence-corrected chi connectivity index (χ1v) is 6.01. The standard InChI is InChI=1S/C6H3F11O3S/c1-21(18,19)20-6(16,17)4(11,12)2(7,8)3(9,10)5(13,14)15/h1H3. The summed E-state index contributed by atoms with van der Waals surface area (Å²) in [4.78, 5) is 0. The molecule has 128 valence electrons. The first kappa shape index (κ1) is 20.1. The van der Waals surface area contributed by atoms with Crippen LogP contribution in [0.4, 0.5) is 48.3 Å². The van der Waals surface area contributed by atoms with Gasteiger partial charge in [0, 0.05) is 0 Å². The van der Waals surface area contributed by atoms with Gasteiger partial charge in [-0.3, -0.25) is 0 Å². The molecule has 0 aliphatic carbocycles. The molecule has 0 aliphatic heterocycles. The lowest BCUT2D eigenvalue weighted by Gasteiger charge is -2.36. The molecule has 0 amide bonds. The molecule has 0 aromatic carbocycles. The monoisotopic (exact) mass is 364 g/mol. The van der Waals surface area contributed by atoms with E-state index in [1.165, 1.54) is 0 Å². The Labute approximate surface area is 108 Å². The van der Waals surface area contributed by atoms with Crippen LogP contribution in [-0.2, 0) is 14.3 Å². The van der Waals surface area contributed by atoms with Crippen molar-refractivity contribution in [3.63, 3.8) is 0 Å². The molecule has 0 bridgehead atoms. The molecule has 0 aromatic heterocycles. The predicted octanol–water partition coefficient (Wildman–Crippen LogP) is 3.02. The van der Waals surface area contributed by atoms with Gasteiger partial charge in [0.25, 0.3) is 10.1 Å². The molecule has 0 saturated heterocycles. The van der Waals surface area contributed by atoms with Crippen LogP contribution in [-0.4, -0.2) is 44.7 Å². The minimum atomic E-state index is -7.70. The number of rotatable bonds is 5. The van der Waals surface area contributed by atoms with Gasteiger partial charge in [0.15, 0.2) is 0 Å². The Morgan fingerprint density at radius 3 is 1.24 bits per heavy atom. The van der Waals surface area contributed by atoms with Gasteiger partial charge in [-0.05, 0) is 0 Å². The van der Waals surface area contributed by atoms with Crippen LogP contribution < -0.4 is 0 Å². The Kier molecular flexibility index (Phi) is 4.62. The van der Waals surface area contributed by atoms with Crippen LogP contribution >= 0.6 is 0 Å². The minimum Gasteiger partial charge on any atom is -0.200 e. The number of hydrogen-bond acceptors (Lipinski definition) is 3. The second kappa shape index (κ2) is 4.82. The lowest BCUT2D eigenvalue weighted by atomic mass is 10.0. The summed E-state index contributed by atoms with van der Waals surface area (Å²) in [6.45, 7) is 0. The average molecular weight is 364 g/mol. The molecule has 0 rings (SSSR count). The summed E-state index contributed by atoms with van der Waals surface area (Å²) < 4.78 is 158. The molecule has 0 unspecified atom stereocenters. The van der Waals surface area contributed by atoms with E-state index >= 15 is 0 Å². The van der Waals surface area contributed by atoms with Crippen molar-refractivity contribution in [3.8, 4) is 0 Å². The maximum absolute atomic E-state index is 12.7. The molecular formula is C6H3F11O3S. The van der Waals surface area contributed by atoms with E-state index in [4.69, 9.17) is 0 Å². The van der Waals surface area contributed by atoms with Crippen molar-refractivity contribution in [1.29, 1.82) is 0 Å². The Morgan fingerprint density at radius 2 is 1.00 bits per heavy atom. The van der Waals surface area contributed by atoms with E-state index in [2.05, 4.69) is 4.18 Å². The molecule has 0 fully saturated rings. The number of alkyl halides is 11. The maximum atomic E-state index is 12.7. The van der Waals surface area contributed by atoms with Gasteiger partial charge in [-0.25, -0.2) is 0 Å². The lowest BCUT2D eigenvalue weighted by Crippen LogP contribution is -2.67. The van der Waals surface area contributed by atoms with Crippen molar-refractivity contribution in [2.75, 3.05) is 6.26 Å². The zero-order chi connectivity index (χ0) is 17.7. The summed E-state index contributed by atoms with van der Waals surface area (Å²) in [7, 11) is -5.60. The molecule has 0 atom stereocenters. The van der Waals surface area contributed by atoms with Gasteiger partial charge in [-0.2, -0.15) is 60.9 Å². The van der Waals surface area contributed by atoms with Crippen molar-refractivity contribution in [3.05, 3.63) is 0 Å². The molecule has 0 saturated carbocycles. The van der Waals surface area contributed by atoms with E-state index in [0.717, 1.165) is 0 Å². The van der Waals surface area contributed by atoms with Crippen molar-refractivity contribution in [2.24, 2.45) is 0 Å². The van der Waals surface area contributed by atoms with Gasteiger partial charge >= 0.3 is 30.1 Å². The molecule has 21 heavy (non-hydrogen) atoms. The largest absolute Gasteiger partial charge is 0.460 e. The molecule has 0 spiro atoms. The topological polar surface area (TPSA) is 43.4 Å². The Morgan fingerprint density at radius 1 is 0.667 bits per heavy atom. The molecule has 0 aliphatic rings. The third kappa shape index (κ3) is 3.32. The highest BCUT2D eigenvalue weighted by atomic mass is 32.2. The van der Waals surface area contributed by atoms with Gasteiger partial charge in [0.05, 0.1) is 6.26 Å². The first-order valence-electron chi connectivity index (χ1n) is 4.19. The fourth-order valence-electron chi connectivity index (χ4n) is 0.800. The second-order valence-electron chi connectivity index (χ2n) is 3.53. The molecule has 0 heterocycles. The molecule has 0 N–H and O–H groups in total. The van der Waals surface area contributed by atoms with Crippen LogP contribution in [0.1, 0.15) is 0 Å². The summed E-state index contributed by atoms with van der Waals surface area (Å²) >= 11 is 0. The predicted molar refractivity (Wildman–Crippen MR) is 41.8 cm³/mol. The summed E-state index contributed by atoms with van der Waals surface area (Å²) in [5.41, 5.74) is 0. The maximum Gasteiger partial charge on any atom is 0.460 e. The van der Waals surface area contributed by atoms with Crippen molar-refractivity contribution < 1.29 is 60.9 Å². The number of halogens is 11. The highest BCUT2D eigenvalue weighted by Crippen LogP contribution is 2.57. The van der Waals surface area contributed by atoms with Crippen LogP contribution in [0, 0.1) is 0 Å². The Hall–Kier alpha value is -0.860. The van der Waals surface area contributed by atoms with E-state index in [0.29, 0.717) is 0 Å². The van der Waals surface area contributed by atoms with Crippen molar-refractivity contribution >= 4 is 10.1 Å². The van der Waals surface area contributed by atoms with E-state index in [-0.39, 0.29) is 6.26 Å². The third-order valence-electron chi connectivity index (χ3n) is 1.77. The zero-order valence-corrected chi connectivity index (χ0v) is 10.1. The first-order chi connectivity index (χ1) is 8.71. The number of hydrogen-bond donors (Lipinski definition) is 0. The average Bonchev–Trinajstić information content (AvgIpc) is 2.10. The van der Waals surface area contributed by atoms with Gasteiger partial charge < -0.3 is 0 Å². The van der Waals surface area contributed by atoms with E-state index in [9.17, 15) is 56.7 Å². The summed E-state index contributed by atoms with van der Waals surface area (Å²) in [5, 5.41) is 0. The third-order valence-corrected chi connectivity index (χ3v) is 2.28. The smallest absolute Gasteiger partial charge is 0.200 e. The quantitative estimate of drug-likeness (QED) is 0.557. The highest BCUT2D eigenvalue weighted by molar-refractivity contribution is 7.86. The van der Waals surface area contributed by atoms with Gasteiger partial charge in [0.1, 0.15) is 0 Å². The SMILES string of the molecule is CS(=O)(=O)OC(F)(F)C(F)(F)C(F)(F)C(F)(F)C(F)(F)F. The minimum absolute atomic E-state index is 0.350. The molecule has 0 radical (unpaired) electrons. The normalized spacial score (nSPS) is 16.2. The Balaban J connectivity index is 6.00. The van der Waals surface area contributed by atoms with Crippen molar-refractivity contribution in [2.45, 2.75) is 30.1 Å². The highest BCUT2D eigenvalue weighted by Gasteiger charge is 2.88. The lowest BCUT2D eigenvalue weighted by molar-refractivity contribution is -0.444. The van der Waals surface area contributed by atoms with Crippen LogP contribution in [0.15, 0.2) is 0 Å². The summed E-state index contributed by atoms with van der Waals surface area (Å²) in [6, 6.07) is 0. The van der Waals surface area contributed by atoms with Crippen molar-refractivity contribution in [1.82, 2.24) is 0 Å². The second-order valence-corrected chi connectivity index (χ2v) is 5.10. The van der Waals surface area contributed by atoms with Crippen LogP contribution in [0.2, 0.25) is 0 Å². The molecule has 0 aromatic rings.